The van der Waals surface area contributed by atoms with E-state index in [4.69, 9.17) is 16.3 Å². The van der Waals surface area contributed by atoms with Crippen molar-refractivity contribution < 1.29 is 31.1 Å². The number of amides is 1. The molecular formula is C19H21ClF3N3O5S. The van der Waals surface area contributed by atoms with E-state index in [1.165, 1.54) is 16.4 Å². The van der Waals surface area contributed by atoms with Crippen molar-refractivity contribution in [2.24, 2.45) is 0 Å². The Morgan fingerprint density at radius 2 is 1.84 bits per heavy atom. The smallest absolute Gasteiger partial charge is 0.422 e. The predicted octanol–water partition coefficient (Wildman–Crippen LogP) is 3.11. The van der Waals surface area contributed by atoms with Gasteiger partial charge in [-0.15, -0.1) is 0 Å². The first kappa shape index (κ1) is 25.7. The molecule has 1 amide bonds. The van der Waals surface area contributed by atoms with E-state index < -0.39 is 40.8 Å². The topological polar surface area (TPSA) is 97.7 Å². The zero-order valence-corrected chi connectivity index (χ0v) is 18.7. The van der Waals surface area contributed by atoms with Gasteiger partial charge in [-0.2, -0.15) is 17.5 Å². The van der Waals surface area contributed by atoms with Crippen molar-refractivity contribution >= 4 is 33.2 Å². The van der Waals surface area contributed by atoms with Crippen LogP contribution in [-0.4, -0.2) is 49.1 Å². The summed E-state index contributed by atoms with van der Waals surface area (Å²) in [6.45, 7) is 1.58. The van der Waals surface area contributed by atoms with E-state index in [1.54, 1.807) is 13.8 Å². The molecular weight excluding hydrogens is 475 g/mol. The van der Waals surface area contributed by atoms with Crippen LogP contribution >= 0.6 is 11.6 Å². The monoisotopic (exact) mass is 495 g/mol. The van der Waals surface area contributed by atoms with Crippen LogP contribution in [0.15, 0.2) is 46.2 Å². The Labute approximate surface area is 187 Å². The largest absolute Gasteiger partial charge is 0.482 e. The number of anilines is 1. The molecule has 8 nitrogen and oxygen atoms in total. The molecule has 0 aliphatic rings. The molecule has 1 aromatic carbocycles. The molecule has 2 rings (SSSR count). The van der Waals surface area contributed by atoms with Crippen LogP contribution in [0.2, 0.25) is 5.02 Å². The van der Waals surface area contributed by atoms with Crippen LogP contribution in [0, 0.1) is 0 Å². The average Bonchev–Trinajstić information content (AvgIpc) is 2.69. The first-order valence-corrected chi connectivity index (χ1v) is 11.2. The number of hydrogen-bond donors (Lipinski definition) is 1. The van der Waals surface area contributed by atoms with E-state index in [2.05, 4.69) is 5.32 Å². The minimum Gasteiger partial charge on any atom is -0.482 e. The first-order chi connectivity index (χ1) is 14.9. The summed E-state index contributed by atoms with van der Waals surface area (Å²) < 4.78 is 69.5. The summed E-state index contributed by atoms with van der Waals surface area (Å²) in [5.41, 5.74) is -0.773. The van der Waals surface area contributed by atoms with Crippen LogP contribution in [0.1, 0.15) is 13.8 Å². The molecule has 1 aromatic heterocycles. The highest BCUT2D eigenvalue weighted by Crippen LogP contribution is 2.29. The molecule has 0 aliphatic heterocycles. The van der Waals surface area contributed by atoms with Gasteiger partial charge in [-0.1, -0.05) is 25.4 Å². The van der Waals surface area contributed by atoms with Gasteiger partial charge in [0.15, 0.2) is 6.61 Å². The molecule has 0 saturated heterocycles. The number of rotatable bonds is 9. The van der Waals surface area contributed by atoms with Gasteiger partial charge in [0, 0.05) is 30.4 Å². The maximum atomic E-state index is 12.7. The zero-order chi connectivity index (χ0) is 24.1. The minimum absolute atomic E-state index is 0.129. The Bertz CT molecular complexity index is 1130. The fourth-order valence-electron chi connectivity index (χ4n) is 2.73. The van der Waals surface area contributed by atoms with Crippen LogP contribution in [-0.2, 0) is 21.4 Å². The Kier molecular flexibility index (Phi) is 8.32. The summed E-state index contributed by atoms with van der Waals surface area (Å²) in [6, 6.07) is 5.79. The van der Waals surface area contributed by atoms with Crippen molar-refractivity contribution in [2.45, 2.75) is 31.5 Å². The third kappa shape index (κ3) is 6.71. The number of ether oxygens (including phenoxy) is 1. The molecule has 0 atom stereocenters. The predicted molar refractivity (Wildman–Crippen MR) is 112 cm³/mol. The van der Waals surface area contributed by atoms with Crippen molar-refractivity contribution in [3.63, 3.8) is 0 Å². The molecule has 0 fully saturated rings. The van der Waals surface area contributed by atoms with Gasteiger partial charge < -0.3 is 14.6 Å². The second kappa shape index (κ2) is 10.4. The molecule has 0 spiro atoms. The molecule has 0 bridgehead atoms. The van der Waals surface area contributed by atoms with Gasteiger partial charge in [-0.25, -0.2) is 8.42 Å². The Morgan fingerprint density at radius 3 is 2.44 bits per heavy atom. The lowest BCUT2D eigenvalue weighted by atomic mass is 10.3. The number of carbonyl (C=O) groups is 1. The number of nitrogens with one attached hydrogen (secondary N) is 1. The third-order valence-corrected chi connectivity index (χ3v) is 6.49. The lowest BCUT2D eigenvalue weighted by Crippen LogP contribution is -2.33. The van der Waals surface area contributed by atoms with Gasteiger partial charge >= 0.3 is 6.18 Å². The molecule has 0 unspecified atom stereocenters. The Morgan fingerprint density at radius 1 is 1.19 bits per heavy atom. The van der Waals surface area contributed by atoms with E-state index in [0.29, 0.717) is 0 Å². The quantitative estimate of drug-likeness (QED) is 0.576. The number of benzene rings is 1. The van der Waals surface area contributed by atoms with E-state index in [0.717, 1.165) is 29.0 Å². The maximum absolute atomic E-state index is 12.7. The fraction of sp³-hybridized carbons (Fsp3) is 0.368. The van der Waals surface area contributed by atoms with Gasteiger partial charge in [0.05, 0.1) is 10.6 Å². The SMILES string of the molecule is CCN(CC)S(=O)(=O)c1ccc(=O)n(CC(=O)Nc2cc(Cl)ccc2OCC(F)(F)F)c1. The number of hydrogen-bond acceptors (Lipinski definition) is 5. The second-order valence-electron chi connectivity index (χ2n) is 6.51. The Balaban J connectivity index is 2.26. The molecule has 0 aliphatic carbocycles. The summed E-state index contributed by atoms with van der Waals surface area (Å²) in [6.07, 6.45) is -3.56. The summed E-state index contributed by atoms with van der Waals surface area (Å²) in [5.74, 6) is -1.08. The number of nitrogens with zero attached hydrogens (tertiary/aromatic N) is 2. The van der Waals surface area contributed by atoms with Crippen molar-refractivity contribution in [1.82, 2.24) is 8.87 Å². The van der Waals surface area contributed by atoms with E-state index in [1.807, 2.05) is 0 Å². The van der Waals surface area contributed by atoms with Crippen LogP contribution < -0.4 is 15.6 Å². The van der Waals surface area contributed by atoms with Crippen molar-refractivity contribution in [3.8, 4) is 5.75 Å². The molecule has 1 N–H and O–H groups in total. The molecule has 2 aromatic rings. The summed E-state index contributed by atoms with van der Waals surface area (Å²) >= 11 is 5.85. The van der Waals surface area contributed by atoms with Crippen molar-refractivity contribution in [1.29, 1.82) is 0 Å². The number of pyridine rings is 1. The van der Waals surface area contributed by atoms with Crippen LogP contribution in [0.3, 0.4) is 0 Å². The highest BCUT2D eigenvalue weighted by Gasteiger charge is 2.29. The van der Waals surface area contributed by atoms with Gasteiger partial charge in [0.1, 0.15) is 12.3 Å². The number of alkyl halides is 3. The fourth-order valence-corrected chi connectivity index (χ4v) is 4.38. The van der Waals surface area contributed by atoms with Gasteiger partial charge in [-0.3, -0.25) is 9.59 Å². The van der Waals surface area contributed by atoms with E-state index >= 15 is 0 Å². The van der Waals surface area contributed by atoms with E-state index in [-0.39, 0.29) is 34.4 Å². The van der Waals surface area contributed by atoms with Gasteiger partial charge in [-0.05, 0) is 24.3 Å². The summed E-state index contributed by atoms with van der Waals surface area (Å²) in [5, 5.41) is 2.46. The third-order valence-electron chi connectivity index (χ3n) is 4.22. The molecule has 13 heteroatoms. The second-order valence-corrected chi connectivity index (χ2v) is 8.89. The lowest BCUT2D eigenvalue weighted by molar-refractivity contribution is -0.153. The average molecular weight is 496 g/mol. The maximum Gasteiger partial charge on any atom is 0.422 e. The van der Waals surface area contributed by atoms with Crippen LogP contribution in [0.5, 0.6) is 5.75 Å². The number of sulfonamides is 1. The molecule has 176 valence electrons. The van der Waals surface area contributed by atoms with Crippen molar-refractivity contribution in [3.05, 3.63) is 51.9 Å². The number of aromatic nitrogens is 1. The molecule has 0 radical (unpaired) electrons. The zero-order valence-electron chi connectivity index (χ0n) is 17.1. The standard InChI is InChI=1S/C19H21ClF3N3O5S/c1-3-26(4-2)32(29,30)14-6-8-18(28)25(10-14)11-17(27)24-15-9-13(20)5-7-16(15)31-12-19(21,22)23/h5-10H,3-4,11-12H2,1-2H3,(H,24,27). The van der Waals surface area contributed by atoms with Crippen LogP contribution in [0.4, 0.5) is 18.9 Å². The van der Waals surface area contributed by atoms with Crippen LogP contribution in [0.25, 0.3) is 0 Å². The summed E-state index contributed by atoms with van der Waals surface area (Å²) in [4.78, 5) is 24.4. The molecule has 0 saturated carbocycles. The molecule has 32 heavy (non-hydrogen) atoms. The highest BCUT2D eigenvalue weighted by molar-refractivity contribution is 7.89. The summed E-state index contributed by atoms with van der Waals surface area (Å²) in [7, 11) is -3.87. The Hall–Kier alpha value is -2.57. The van der Waals surface area contributed by atoms with Crippen molar-refractivity contribution in [2.75, 3.05) is 25.0 Å². The minimum atomic E-state index is -4.59. The number of halogens is 4. The van der Waals surface area contributed by atoms with Gasteiger partial charge in [0.2, 0.25) is 15.9 Å². The van der Waals surface area contributed by atoms with Gasteiger partial charge in [0.25, 0.3) is 5.56 Å². The normalized spacial score (nSPS) is 12.1. The van der Waals surface area contributed by atoms with E-state index in [9.17, 15) is 31.2 Å². The number of carbonyl (C=O) groups excluding carboxylic acids is 1. The molecule has 1 heterocycles. The lowest BCUT2D eigenvalue weighted by Gasteiger charge is -2.19. The first-order valence-electron chi connectivity index (χ1n) is 9.37. The highest BCUT2D eigenvalue weighted by atomic mass is 35.5.